The van der Waals surface area contributed by atoms with Crippen LogP contribution in [0.2, 0.25) is 0 Å². The summed E-state index contributed by atoms with van der Waals surface area (Å²) in [7, 11) is 0. The third-order valence-corrected chi connectivity index (χ3v) is 7.15. The van der Waals surface area contributed by atoms with Crippen molar-refractivity contribution in [2.75, 3.05) is 12.3 Å². The summed E-state index contributed by atoms with van der Waals surface area (Å²) in [4.78, 5) is 28.4. The van der Waals surface area contributed by atoms with E-state index in [1.54, 1.807) is 22.0 Å². The van der Waals surface area contributed by atoms with Crippen LogP contribution < -0.4 is 0 Å². The van der Waals surface area contributed by atoms with Crippen LogP contribution >= 0.6 is 34.9 Å². The van der Waals surface area contributed by atoms with Crippen molar-refractivity contribution < 1.29 is 14.7 Å². The molecule has 2 aromatic heterocycles. The molecule has 0 bridgehead atoms. The Morgan fingerprint density at radius 1 is 1.32 bits per heavy atom. The number of hydrogen-bond acceptors (Lipinski definition) is 8. The zero-order valence-corrected chi connectivity index (χ0v) is 16.9. The standard InChI is InChI=1S/C17H15N5O3S3/c23-10-21-6-7-26-15(21)14-19-20-16(22(14)12-4-2-1-3-5-12)28-17-18-11(9-27-17)8-13(24)25/h1-5,9-10,15H,6-8H2,(H,24,25). The van der Waals surface area contributed by atoms with Crippen molar-refractivity contribution >= 4 is 47.2 Å². The fourth-order valence-corrected chi connectivity index (χ4v) is 5.77. The molecule has 1 fully saturated rings. The summed E-state index contributed by atoms with van der Waals surface area (Å²) in [5.74, 6) is 0.618. The van der Waals surface area contributed by atoms with Crippen molar-refractivity contribution in [1.29, 1.82) is 0 Å². The molecule has 0 radical (unpaired) electrons. The smallest absolute Gasteiger partial charge is 0.309 e. The van der Waals surface area contributed by atoms with Crippen LogP contribution in [-0.2, 0) is 16.0 Å². The van der Waals surface area contributed by atoms with Gasteiger partial charge < -0.3 is 10.0 Å². The van der Waals surface area contributed by atoms with Gasteiger partial charge in [-0.25, -0.2) is 4.98 Å². The molecule has 0 spiro atoms. The van der Waals surface area contributed by atoms with E-state index in [-0.39, 0.29) is 11.8 Å². The highest BCUT2D eigenvalue weighted by atomic mass is 32.2. The Hall–Kier alpha value is -2.37. The Bertz CT molecular complexity index is 991. The first kappa shape index (κ1) is 19.0. The van der Waals surface area contributed by atoms with Gasteiger partial charge in [-0.2, -0.15) is 0 Å². The first-order valence-corrected chi connectivity index (χ1v) is 11.1. The number of thiazole rings is 1. The Morgan fingerprint density at radius 2 is 2.14 bits per heavy atom. The SMILES string of the molecule is O=CN1CCSC1c1nnc(Sc2nc(CC(=O)O)cs2)n1-c1ccccc1. The van der Waals surface area contributed by atoms with Gasteiger partial charge in [-0.05, 0) is 23.9 Å². The highest BCUT2D eigenvalue weighted by molar-refractivity contribution is 8.01. The molecule has 1 aromatic carbocycles. The Kier molecular flexibility index (Phi) is 5.64. The summed E-state index contributed by atoms with van der Waals surface area (Å²) in [5.41, 5.74) is 1.41. The molecule has 1 N–H and O–H groups in total. The van der Waals surface area contributed by atoms with E-state index in [0.29, 0.717) is 27.6 Å². The van der Waals surface area contributed by atoms with E-state index in [0.717, 1.165) is 17.9 Å². The van der Waals surface area contributed by atoms with Gasteiger partial charge in [0.2, 0.25) is 11.6 Å². The number of amides is 1. The normalized spacial score (nSPS) is 16.4. The predicted molar refractivity (Wildman–Crippen MR) is 107 cm³/mol. The van der Waals surface area contributed by atoms with E-state index in [9.17, 15) is 9.59 Å². The highest BCUT2D eigenvalue weighted by Crippen LogP contribution is 2.39. The van der Waals surface area contributed by atoms with Gasteiger partial charge in [0.25, 0.3) is 0 Å². The predicted octanol–water partition coefficient (Wildman–Crippen LogP) is 2.71. The molecule has 1 unspecified atom stereocenters. The van der Waals surface area contributed by atoms with E-state index in [4.69, 9.17) is 5.11 Å². The number of hydrogen-bond donors (Lipinski definition) is 1. The fourth-order valence-electron chi connectivity index (χ4n) is 2.79. The molecule has 4 rings (SSSR count). The minimum absolute atomic E-state index is 0.110. The number of thioether (sulfide) groups is 1. The zero-order valence-electron chi connectivity index (χ0n) is 14.5. The first-order valence-electron chi connectivity index (χ1n) is 8.33. The van der Waals surface area contributed by atoms with Gasteiger partial charge in [0.05, 0.1) is 12.1 Å². The minimum Gasteiger partial charge on any atom is -0.481 e. The van der Waals surface area contributed by atoms with Gasteiger partial charge in [-0.1, -0.05) is 18.2 Å². The lowest BCUT2D eigenvalue weighted by Gasteiger charge is -2.19. The van der Waals surface area contributed by atoms with Crippen molar-refractivity contribution in [3.05, 3.63) is 47.2 Å². The van der Waals surface area contributed by atoms with E-state index in [1.807, 2.05) is 34.9 Å². The van der Waals surface area contributed by atoms with Crippen molar-refractivity contribution in [1.82, 2.24) is 24.6 Å². The van der Waals surface area contributed by atoms with Crippen LogP contribution in [0.4, 0.5) is 0 Å². The average molecular weight is 434 g/mol. The summed E-state index contributed by atoms with van der Waals surface area (Å²) in [6.45, 7) is 0.675. The summed E-state index contributed by atoms with van der Waals surface area (Å²) in [6, 6.07) is 9.71. The molecule has 1 aliphatic rings. The topological polar surface area (TPSA) is 101 Å². The van der Waals surface area contributed by atoms with Crippen LogP contribution in [0.1, 0.15) is 16.9 Å². The molecule has 0 aliphatic carbocycles. The summed E-state index contributed by atoms with van der Waals surface area (Å²) in [5, 5.41) is 19.8. The lowest BCUT2D eigenvalue weighted by molar-refractivity contribution is -0.136. The van der Waals surface area contributed by atoms with Crippen LogP contribution in [0.3, 0.4) is 0 Å². The largest absolute Gasteiger partial charge is 0.481 e. The van der Waals surface area contributed by atoms with E-state index in [2.05, 4.69) is 15.2 Å². The molecule has 11 heteroatoms. The maximum Gasteiger partial charge on any atom is 0.309 e. The van der Waals surface area contributed by atoms with Crippen LogP contribution in [0.15, 0.2) is 45.2 Å². The molecule has 144 valence electrons. The summed E-state index contributed by atoms with van der Waals surface area (Å²) < 4.78 is 2.63. The third-order valence-electron chi connectivity index (χ3n) is 4.00. The number of carboxylic acid groups (broad SMARTS) is 1. The molecule has 3 heterocycles. The average Bonchev–Trinajstić information content (AvgIpc) is 3.41. The number of carboxylic acids is 1. The van der Waals surface area contributed by atoms with E-state index >= 15 is 0 Å². The third kappa shape index (κ3) is 3.91. The number of carbonyl (C=O) groups is 2. The molecule has 1 atom stereocenters. The number of carbonyl (C=O) groups excluding carboxylic acids is 1. The maximum absolute atomic E-state index is 11.4. The number of benzene rings is 1. The van der Waals surface area contributed by atoms with Gasteiger partial charge in [0.15, 0.2) is 10.2 Å². The van der Waals surface area contributed by atoms with Crippen molar-refractivity contribution in [2.45, 2.75) is 21.3 Å². The Balaban J connectivity index is 1.70. The Morgan fingerprint density at radius 3 is 2.89 bits per heavy atom. The second-order valence-corrected chi connectivity index (χ2v) is 9.12. The second kappa shape index (κ2) is 8.33. The molecular weight excluding hydrogens is 418 g/mol. The molecule has 1 aliphatic heterocycles. The lowest BCUT2D eigenvalue weighted by Crippen LogP contribution is -2.23. The lowest BCUT2D eigenvalue weighted by atomic mass is 10.3. The minimum atomic E-state index is -0.913. The number of aliphatic carboxylic acids is 1. The van der Waals surface area contributed by atoms with Crippen molar-refractivity contribution in [3.63, 3.8) is 0 Å². The molecule has 1 saturated heterocycles. The van der Waals surface area contributed by atoms with Crippen molar-refractivity contribution in [3.8, 4) is 5.69 Å². The molecule has 1 amide bonds. The zero-order chi connectivity index (χ0) is 19.5. The molecular formula is C17H15N5O3S3. The van der Waals surface area contributed by atoms with Gasteiger partial charge >= 0.3 is 5.97 Å². The summed E-state index contributed by atoms with van der Waals surface area (Å²) in [6.07, 6.45) is 0.737. The van der Waals surface area contributed by atoms with Crippen molar-refractivity contribution in [2.24, 2.45) is 0 Å². The first-order chi connectivity index (χ1) is 13.7. The van der Waals surface area contributed by atoms with Crippen LogP contribution in [0, 0.1) is 0 Å². The molecule has 28 heavy (non-hydrogen) atoms. The number of aromatic nitrogens is 4. The molecule has 8 nitrogen and oxygen atoms in total. The number of para-hydroxylation sites is 1. The van der Waals surface area contributed by atoms with Crippen LogP contribution in [0.5, 0.6) is 0 Å². The van der Waals surface area contributed by atoms with Crippen LogP contribution in [-0.4, -0.2) is 54.4 Å². The van der Waals surface area contributed by atoms with Crippen LogP contribution in [0.25, 0.3) is 5.69 Å². The van der Waals surface area contributed by atoms with Gasteiger partial charge in [0.1, 0.15) is 5.37 Å². The monoisotopic (exact) mass is 433 g/mol. The maximum atomic E-state index is 11.4. The number of rotatable bonds is 7. The summed E-state index contributed by atoms with van der Waals surface area (Å²) >= 11 is 4.36. The molecule has 3 aromatic rings. The van der Waals surface area contributed by atoms with E-state index in [1.165, 1.54) is 23.1 Å². The van der Waals surface area contributed by atoms with E-state index < -0.39 is 5.97 Å². The van der Waals surface area contributed by atoms with Gasteiger partial charge in [-0.15, -0.1) is 33.3 Å². The quantitative estimate of drug-likeness (QED) is 0.568. The highest BCUT2D eigenvalue weighted by Gasteiger charge is 2.32. The molecule has 0 saturated carbocycles. The fraction of sp³-hybridized carbons (Fsp3) is 0.235. The van der Waals surface area contributed by atoms with Gasteiger partial charge in [0, 0.05) is 23.4 Å². The Labute approximate surface area is 173 Å². The second-order valence-electron chi connectivity index (χ2n) is 5.86. The number of nitrogens with zero attached hydrogens (tertiary/aromatic N) is 5. The van der Waals surface area contributed by atoms with Gasteiger partial charge in [-0.3, -0.25) is 14.2 Å².